The normalized spacial score (nSPS) is 13.0. The van der Waals surface area contributed by atoms with Gasteiger partial charge in [-0.15, -0.1) is 0 Å². The Hall–Kier alpha value is -1.82. The molecule has 0 N–H and O–H groups in total. The van der Waals surface area contributed by atoms with Crippen LogP contribution in [-0.4, -0.2) is 0 Å². The number of allylic oxidation sites excluding steroid dienone is 6. The molecule has 0 aliphatic rings. The van der Waals surface area contributed by atoms with E-state index in [1.54, 1.807) is 0 Å². The maximum absolute atomic E-state index is 3.84. The van der Waals surface area contributed by atoms with Crippen LogP contribution in [0.25, 0.3) is 5.57 Å². The van der Waals surface area contributed by atoms with Crippen molar-refractivity contribution in [2.75, 3.05) is 0 Å². The molecule has 17 heavy (non-hydrogen) atoms. The van der Waals surface area contributed by atoms with Gasteiger partial charge < -0.3 is 0 Å². The summed E-state index contributed by atoms with van der Waals surface area (Å²) in [6, 6.07) is 8.51. The second kappa shape index (κ2) is 6.05. The van der Waals surface area contributed by atoms with Gasteiger partial charge in [-0.3, -0.25) is 0 Å². The maximum Gasteiger partial charge on any atom is -0.0225 e. The molecule has 1 aromatic carbocycles. The highest BCUT2D eigenvalue weighted by atomic mass is 14.0. The second-order valence-electron chi connectivity index (χ2n) is 4.24. The van der Waals surface area contributed by atoms with Crippen LogP contribution >= 0.6 is 0 Å². The van der Waals surface area contributed by atoms with Crippen LogP contribution < -0.4 is 0 Å². The van der Waals surface area contributed by atoms with E-state index in [1.807, 2.05) is 19.1 Å². The van der Waals surface area contributed by atoms with Crippen LogP contribution in [0.2, 0.25) is 0 Å². The Kier molecular flexibility index (Phi) is 4.71. The third-order valence-electron chi connectivity index (χ3n) is 2.83. The van der Waals surface area contributed by atoms with Crippen molar-refractivity contribution in [1.29, 1.82) is 0 Å². The Morgan fingerprint density at radius 1 is 1.12 bits per heavy atom. The maximum atomic E-state index is 3.84. The fraction of sp³-hybridized carbons (Fsp3) is 0.176. The predicted molar refractivity (Wildman–Crippen MR) is 77.9 cm³/mol. The van der Waals surface area contributed by atoms with E-state index in [0.717, 1.165) is 11.1 Å². The minimum Gasteiger partial charge on any atom is -0.0988 e. The van der Waals surface area contributed by atoms with E-state index in [0.29, 0.717) is 0 Å². The summed E-state index contributed by atoms with van der Waals surface area (Å²) >= 11 is 0. The predicted octanol–water partition coefficient (Wildman–Crippen LogP) is 5.09. The molecule has 0 saturated heterocycles. The van der Waals surface area contributed by atoms with Crippen molar-refractivity contribution in [2.45, 2.75) is 20.8 Å². The summed E-state index contributed by atoms with van der Waals surface area (Å²) in [5, 5.41) is 0. The van der Waals surface area contributed by atoms with Crippen molar-refractivity contribution in [3.8, 4) is 0 Å². The van der Waals surface area contributed by atoms with Crippen molar-refractivity contribution in [1.82, 2.24) is 0 Å². The van der Waals surface area contributed by atoms with Gasteiger partial charge in [0.15, 0.2) is 0 Å². The van der Waals surface area contributed by atoms with Crippen LogP contribution in [0.15, 0.2) is 66.8 Å². The summed E-state index contributed by atoms with van der Waals surface area (Å²) in [4.78, 5) is 0. The van der Waals surface area contributed by atoms with E-state index < -0.39 is 0 Å². The molecule has 1 aromatic rings. The number of benzene rings is 1. The highest BCUT2D eigenvalue weighted by Gasteiger charge is 1.98. The van der Waals surface area contributed by atoms with Gasteiger partial charge in [0.05, 0.1) is 0 Å². The fourth-order valence-electron chi connectivity index (χ4n) is 1.66. The molecular formula is C17H20. The standard InChI is InChI=1S/C17H20/c1-6-14(4)16(7-2)12-15(5)17-10-8-9-13(3)11-17/h6-12H,1-2H2,3-5H3/b15-12+,16-14+. The lowest BCUT2D eigenvalue weighted by atomic mass is 10.0. The highest BCUT2D eigenvalue weighted by molar-refractivity contribution is 5.68. The van der Waals surface area contributed by atoms with Gasteiger partial charge in [-0.25, -0.2) is 0 Å². The quantitative estimate of drug-likeness (QED) is 0.625. The molecule has 0 aromatic heterocycles. The average Bonchev–Trinajstić information content (AvgIpc) is 2.34. The summed E-state index contributed by atoms with van der Waals surface area (Å²) in [6.07, 6.45) is 5.88. The van der Waals surface area contributed by atoms with E-state index in [4.69, 9.17) is 0 Å². The monoisotopic (exact) mass is 224 g/mol. The minimum absolute atomic E-state index is 1.12. The van der Waals surface area contributed by atoms with Crippen molar-refractivity contribution in [3.63, 3.8) is 0 Å². The highest BCUT2D eigenvalue weighted by Crippen LogP contribution is 2.19. The molecule has 0 fully saturated rings. The molecule has 0 amide bonds. The third kappa shape index (κ3) is 3.60. The first-order valence-corrected chi connectivity index (χ1v) is 5.79. The zero-order valence-electron chi connectivity index (χ0n) is 11.0. The van der Waals surface area contributed by atoms with Crippen LogP contribution in [0.3, 0.4) is 0 Å². The van der Waals surface area contributed by atoms with E-state index in [1.165, 1.54) is 16.7 Å². The van der Waals surface area contributed by atoms with Crippen LogP contribution in [0.4, 0.5) is 0 Å². The second-order valence-corrected chi connectivity index (χ2v) is 4.24. The van der Waals surface area contributed by atoms with Crippen LogP contribution in [0, 0.1) is 6.92 Å². The molecule has 88 valence electrons. The molecular weight excluding hydrogens is 204 g/mol. The van der Waals surface area contributed by atoms with Crippen LogP contribution in [0.1, 0.15) is 25.0 Å². The Morgan fingerprint density at radius 3 is 2.35 bits per heavy atom. The first kappa shape index (κ1) is 13.2. The van der Waals surface area contributed by atoms with Gasteiger partial charge in [0, 0.05) is 0 Å². The smallest absolute Gasteiger partial charge is 0.0225 e. The van der Waals surface area contributed by atoms with Gasteiger partial charge in [-0.1, -0.05) is 61.2 Å². The topological polar surface area (TPSA) is 0 Å². The molecule has 0 spiro atoms. The molecule has 0 atom stereocenters. The van der Waals surface area contributed by atoms with Gasteiger partial charge >= 0.3 is 0 Å². The lowest BCUT2D eigenvalue weighted by molar-refractivity contribution is 1.42. The van der Waals surface area contributed by atoms with Crippen molar-refractivity contribution in [3.05, 3.63) is 77.9 Å². The van der Waals surface area contributed by atoms with Crippen molar-refractivity contribution >= 4 is 5.57 Å². The van der Waals surface area contributed by atoms with E-state index in [-0.39, 0.29) is 0 Å². The van der Waals surface area contributed by atoms with Crippen molar-refractivity contribution in [2.24, 2.45) is 0 Å². The van der Waals surface area contributed by atoms with Crippen LogP contribution in [-0.2, 0) is 0 Å². The molecule has 0 radical (unpaired) electrons. The number of aryl methyl sites for hydroxylation is 1. The zero-order valence-corrected chi connectivity index (χ0v) is 11.0. The zero-order chi connectivity index (χ0) is 12.8. The Balaban J connectivity index is 3.16. The molecule has 1 rings (SSSR count). The SMILES string of the molecule is C=C/C(C)=C(C=C)/C=C(\C)c1cccc(C)c1. The Bertz CT molecular complexity index is 485. The molecule has 0 nitrogen and oxygen atoms in total. The molecule has 0 heteroatoms. The Labute approximate surface area is 105 Å². The van der Waals surface area contributed by atoms with Gasteiger partial charge in [-0.2, -0.15) is 0 Å². The number of hydrogen-bond acceptors (Lipinski definition) is 0. The number of rotatable bonds is 4. The largest absolute Gasteiger partial charge is 0.0988 e. The van der Waals surface area contributed by atoms with Gasteiger partial charge in [-0.05, 0) is 43.1 Å². The first-order chi connectivity index (χ1) is 8.08. The molecule has 0 saturated carbocycles. The lowest BCUT2D eigenvalue weighted by Crippen LogP contribution is -1.84. The molecule has 0 unspecified atom stereocenters. The van der Waals surface area contributed by atoms with Gasteiger partial charge in [0.25, 0.3) is 0 Å². The average molecular weight is 224 g/mol. The summed E-state index contributed by atoms with van der Waals surface area (Å²) in [5.74, 6) is 0. The van der Waals surface area contributed by atoms with E-state index >= 15 is 0 Å². The fourth-order valence-corrected chi connectivity index (χ4v) is 1.66. The molecule has 0 heterocycles. The van der Waals surface area contributed by atoms with E-state index in [9.17, 15) is 0 Å². The summed E-state index contributed by atoms with van der Waals surface area (Å²) in [7, 11) is 0. The molecule has 0 aliphatic carbocycles. The number of hydrogen-bond donors (Lipinski definition) is 0. The van der Waals surface area contributed by atoms with Crippen LogP contribution in [0.5, 0.6) is 0 Å². The Morgan fingerprint density at radius 2 is 1.82 bits per heavy atom. The summed E-state index contributed by atoms with van der Waals surface area (Å²) in [5.41, 5.74) is 6.04. The minimum atomic E-state index is 1.12. The molecule has 0 aliphatic heterocycles. The van der Waals surface area contributed by atoms with Crippen molar-refractivity contribution < 1.29 is 0 Å². The molecule has 0 bridgehead atoms. The summed E-state index contributed by atoms with van der Waals surface area (Å²) in [6.45, 7) is 13.9. The van der Waals surface area contributed by atoms with E-state index in [2.05, 4.69) is 57.3 Å². The third-order valence-corrected chi connectivity index (χ3v) is 2.83. The first-order valence-electron chi connectivity index (χ1n) is 5.79. The summed E-state index contributed by atoms with van der Waals surface area (Å²) < 4.78 is 0. The van der Waals surface area contributed by atoms with Gasteiger partial charge in [0.2, 0.25) is 0 Å². The lowest BCUT2D eigenvalue weighted by Gasteiger charge is -2.05. The van der Waals surface area contributed by atoms with Gasteiger partial charge in [0.1, 0.15) is 0 Å².